The molecule has 1 fully saturated rings. The van der Waals surface area contributed by atoms with Crippen LogP contribution in [0.5, 0.6) is 5.75 Å². The van der Waals surface area contributed by atoms with E-state index in [1.807, 2.05) is 24.3 Å². The van der Waals surface area contributed by atoms with Gasteiger partial charge in [-0.3, -0.25) is 14.3 Å². The second kappa shape index (κ2) is 12.2. The summed E-state index contributed by atoms with van der Waals surface area (Å²) in [4.78, 5) is 23.2. The van der Waals surface area contributed by atoms with Crippen LogP contribution in [0.15, 0.2) is 77.9 Å². The number of piperazine rings is 1. The van der Waals surface area contributed by atoms with Gasteiger partial charge in [0.2, 0.25) is 5.95 Å². The van der Waals surface area contributed by atoms with Gasteiger partial charge < -0.3 is 15.0 Å². The van der Waals surface area contributed by atoms with Gasteiger partial charge in [0.25, 0.3) is 5.56 Å². The standard InChI is InChI=1S/C27H26FN5O2.2ClH/c1-32-26(34)15-24(22-11-12-29-16-23(22)28)31-27(32)33-14-13-30-25(17-33)20-5-3-18(4-6-20)19-7-9-21(35-2)10-8-19;;/h3-12,15-16,25,30H,13-14,17H2,1-2H3;2*1H/t25-;;/m1../s1. The monoisotopic (exact) mass is 543 g/mol. The summed E-state index contributed by atoms with van der Waals surface area (Å²) in [7, 11) is 3.35. The highest BCUT2D eigenvalue weighted by Crippen LogP contribution is 2.27. The molecule has 0 radical (unpaired) electrons. The summed E-state index contributed by atoms with van der Waals surface area (Å²) in [5.41, 5.74) is 3.73. The Morgan fingerprint density at radius 1 is 1.03 bits per heavy atom. The third-order valence-electron chi connectivity index (χ3n) is 6.35. The highest BCUT2D eigenvalue weighted by atomic mass is 35.5. The number of hydrogen-bond donors (Lipinski definition) is 1. The fourth-order valence-corrected chi connectivity index (χ4v) is 4.38. The average molecular weight is 544 g/mol. The van der Waals surface area contributed by atoms with Crippen molar-refractivity contribution < 1.29 is 9.13 Å². The highest BCUT2D eigenvalue weighted by molar-refractivity contribution is 5.85. The van der Waals surface area contributed by atoms with Crippen LogP contribution in [0.1, 0.15) is 11.6 Å². The summed E-state index contributed by atoms with van der Waals surface area (Å²) in [5, 5.41) is 3.56. The van der Waals surface area contributed by atoms with Gasteiger partial charge in [-0.15, -0.1) is 24.8 Å². The molecule has 0 saturated carbocycles. The van der Waals surface area contributed by atoms with E-state index in [4.69, 9.17) is 4.74 Å². The molecule has 10 heteroatoms. The minimum atomic E-state index is -0.505. The van der Waals surface area contributed by atoms with Crippen LogP contribution in [0.3, 0.4) is 0 Å². The lowest BCUT2D eigenvalue weighted by molar-refractivity contribution is 0.415. The maximum absolute atomic E-state index is 14.3. The fourth-order valence-electron chi connectivity index (χ4n) is 4.38. The summed E-state index contributed by atoms with van der Waals surface area (Å²) in [6.07, 6.45) is 2.62. The number of ether oxygens (including phenoxy) is 1. The van der Waals surface area contributed by atoms with Gasteiger partial charge in [-0.2, -0.15) is 0 Å². The van der Waals surface area contributed by atoms with Gasteiger partial charge in [-0.25, -0.2) is 9.37 Å². The van der Waals surface area contributed by atoms with Crippen molar-refractivity contribution in [2.24, 2.45) is 7.05 Å². The van der Waals surface area contributed by atoms with Gasteiger partial charge in [0, 0.05) is 50.6 Å². The van der Waals surface area contributed by atoms with E-state index in [0.717, 1.165) is 35.2 Å². The molecule has 37 heavy (non-hydrogen) atoms. The van der Waals surface area contributed by atoms with Gasteiger partial charge in [0.15, 0.2) is 5.82 Å². The molecule has 1 N–H and O–H groups in total. The van der Waals surface area contributed by atoms with Crippen LogP contribution in [0.2, 0.25) is 0 Å². The van der Waals surface area contributed by atoms with Gasteiger partial charge >= 0.3 is 0 Å². The van der Waals surface area contributed by atoms with E-state index < -0.39 is 5.82 Å². The molecule has 4 aromatic rings. The van der Waals surface area contributed by atoms with Crippen LogP contribution in [0.25, 0.3) is 22.4 Å². The molecule has 7 nitrogen and oxygen atoms in total. The Morgan fingerprint density at radius 2 is 1.70 bits per heavy atom. The Hall–Kier alpha value is -3.46. The van der Waals surface area contributed by atoms with E-state index in [1.165, 1.54) is 22.9 Å². The SMILES string of the molecule is COc1ccc(-c2ccc([C@H]3CN(c4nc(-c5ccncc5F)cc(=O)n4C)CCN3)cc2)cc1.Cl.Cl. The van der Waals surface area contributed by atoms with E-state index in [-0.39, 0.29) is 42.0 Å². The molecule has 5 rings (SSSR count). The highest BCUT2D eigenvalue weighted by Gasteiger charge is 2.24. The van der Waals surface area contributed by atoms with Crippen molar-refractivity contribution in [1.82, 2.24) is 19.9 Å². The predicted molar refractivity (Wildman–Crippen MR) is 149 cm³/mol. The van der Waals surface area contributed by atoms with Crippen LogP contribution < -0.4 is 20.5 Å². The van der Waals surface area contributed by atoms with Crippen LogP contribution in [0, 0.1) is 5.82 Å². The second-order valence-electron chi connectivity index (χ2n) is 8.50. The molecular formula is C27H28Cl2FN5O2. The smallest absolute Gasteiger partial charge is 0.255 e. The molecular weight excluding hydrogens is 516 g/mol. The molecule has 194 valence electrons. The summed E-state index contributed by atoms with van der Waals surface area (Å²) in [5.74, 6) is 0.843. The van der Waals surface area contributed by atoms with Crippen molar-refractivity contribution in [1.29, 1.82) is 0 Å². The van der Waals surface area contributed by atoms with Gasteiger partial charge in [0.05, 0.1) is 19.0 Å². The number of aromatic nitrogens is 3. The van der Waals surface area contributed by atoms with Crippen molar-refractivity contribution in [2.45, 2.75) is 6.04 Å². The van der Waals surface area contributed by atoms with E-state index >= 15 is 0 Å². The maximum atomic E-state index is 14.3. The molecule has 0 bridgehead atoms. The number of benzene rings is 2. The topological polar surface area (TPSA) is 72.3 Å². The van der Waals surface area contributed by atoms with E-state index in [9.17, 15) is 9.18 Å². The predicted octanol–water partition coefficient (Wildman–Crippen LogP) is 4.65. The maximum Gasteiger partial charge on any atom is 0.255 e. The Balaban J connectivity index is 0.00000190. The average Bonchev–Trinajstić information content (AvgIpc) is 2.91. The Bertz CT molecular complexity index is 1400. The molecule has 0 unspecified atom stereocenters. The number of hydrogen-bond acceptors (Lipinski definition) is 6. The lowest BCUT2D eigenvalue weighted by Gasteiger charge is -2.35. The van der Waals surface area contributed by atoms with Gasteiger partial charge in [-0.1, -0.05) is 36.4 Å². The minimum Gasteiger partial charge on any atom is -0.497 e. The number of nitrogens with one attached hydrogen (secondary N) is 1. The molecule has 0 amide bonds. The third-order valence-corrected chi connectivity index (χ3v) is 6.35. The second-order valence-corrected chi connectivity index (χ2v) is 8.50. The van der Waals surface area contributed by atoms with E-state index in [2.05, 4.69) is 44.5 Å². The fraction of sp³-hybridized carbons (Fsp3) is 0.222. The molecule has 1 atom stereocenters. The zero-order valence-electron chi connectivity index (χ0n) is 20.4. The third kappa shape index (κ3) is 5.93. The molecule has 2 aromatic heterocycles. The lowest BCUT2D eigenvalue weighted by atomic mass is 9.99. The van der Waals surface area contributed by atoms with Crippen molar-refractivity contribution in [3.05, 3.63) is 94.8 Å². The van der Waals surface area contributed by atoms with Crippen molar-refractivity contribution >= 4 is 30.8 Å². The van der Waals surface area contributed by atoms with Crippen molar-refractivity contribution in [3.8, 4) is 28.1 Å². The van der Waals surface area contributed by atoms with Crippen LogP contribution in [-0.2, 0) is 7.05 Å². The summed E-state index contributed by atoms with van der Waals surface area (Å²) in [6, 6.07) is 19.4. The van der Waals surface area contributed by atoms with Crippen molar-refractivity contribution in [2.75, 3.05) is 31.6 Å². The first-order valence-corrected chi connectivity index (χ1v) is 11.4. The molecule has 1 aliphatic heterocycles. The molecule has 2 aromatic carbocycles. The summed E-state index contributed by atoms with van der Waals surface area (Å²) in [6.45, 7) is 2.04. The van der Waals surface area contributed by atoms with Crippen LogP contribution in [0.4, 0.5) is 10.3 Å². The molecule has 1 aliphatic rings. The first-order chi connectivity index (χ1) is 17.0. The number of pyridine rings is 1. The number of methoxy groups -OCH3 is 1. The molecule has 1 saturated heterocycles. The number of nitrogens with zero attached hydrogens (tertiary/aromatic N) is 4. The Morgan fingerprint density at radius 3 is 2.35 bits per heavy atom. The van der Waals surface area contributed by atoms with Crippen LogP contribution >= 0.6 is 24.8 Å². The molecule has 0 aliphatic carbocycles. The van der Waals surface area contributed by atoms with Gasteiger partial charge in [-0.05, 0) is 34.9 Å². The zero-order chi connectivity index (χ0) is 24.4. The lowest BCUT2D eigenvalue weighted by Crippen LogP contribution is -2.47. The Kier molecular flexibility index (Phi) is 9.26. The quantitative estimate of drug-likeness (QED) is 0.395. The van der Waals surface area contributed by atoms with Crippen LogP contribution in [-0.4, -0.2) is 41.3 Å². The number of halogens is 3. The minimum absolute atomic E-state index is 0. The first-order valence-electron chi connectivity index (χ1n) is 11.4. The zero-order valence-corrected chi connectivity index (χ0v) is 22.1. The van der Waals surface area contributed by atoms with Crippen molar-refractivity contribution in [3.63, 3.8) is 0 Å². The molecule has 3 heterocycles. The summed E-state index contributed by atoms with van der Waals surface area (Å²) >= 11 is 0. The van der Waals surface area contributed by atoms with E-state index in [1.54, 1.807) is 14.2 Å². The molecule has 0 spiro atoms. The largest absolute Gasteiger partial charge is 0.497 e. The normalized spacial score (nSPS) is 14.9. The summed E-state index contributed by atoms with van der Waals surface area (Å²) < 4.78 is 21.1. The van der Waals surface area contributed by atoms with Gasteiger partial charge in [0.1, 0.15) is 5.75 Å². The number of rotatable bonds is 5. The number of anilines is 1. The van der Waals surface area contributed by atoms with E-state index in [0.29, 0.717) is 24.7 Å². The first kappa shape index (κ1) is 28.1. The Labute approximate surface area is 227 Å².